The van der Waals surface area contributed by atoms with Crippen molar-refractivity contribution in [1.29, 1.82) is 0 Å². The summed E-state index contributed by atoms with van der Waals surface area (Å²) in [6.45, 7) is 2.12. The van der Waals surface area contributed by atoms with Gasteiger partial charge in [-0.05, 0) is 34.5 Å². The third kappa shape index (κ3) is 4.93. The molecule has 82 valence electrons. The Labute approximate surface area is 98.4 Å². The van der Waals surface area contributed by atoms with Gasteiger partial charge in [-0.1, -0.05) is 19.8 Å². The lowest BCUT2D eigenvalue weighted by molar-refractivity contribution is -0.116. The molecule has 1 aromatic rings. The number of hydrogen-bond acceptors (Lipinski definition) is 2. The maximum atomic E-state index is 11.4. The highest BCUT2D eigenvalue weighted by Gasteiger charge is 2.01. The number of carbonyl (C=O) groups excluding carboxylic acids is 1. The summed E-state index contributed by atoms with van der Waals surface area (Å²) in [5.74, 6) is 0.0626. The molecule has 0 radical (unpaired) electrons. The predicted octanol–water partition coefficient (Wildman–Crippen LogP) is 3.36. The third-order valence-corrected chi connectivity index (χ3v) is 2.49. The number of carbonyl (C=O) groups is 1. The van der Waals surface area contributed by atoms with E-state index in [1.807, 2.05) is 12.1 Å². The van der Waals surface area contributed by atoms with Crippen molar-refractivity contribution in [2.45, 2.75) is 32.6 Å². The number of hydrogen-bond donors (Lipinski definition) is 1. The van der Waals surface area contributed by atoms with Crippen LogP contribution in [-0.4, -0.2) is 10.9 Å². The molecule has 0 aliphatic rings. The van der Waals surface area contributed by atoms with Crippen molar-refractivity contribution in [1.82, 2.24) is 4.98 Å². The van der Waals surface area contributed by atoms with Gasteiger partial charge in [0, 0.05) is 6.42 Å². The molecule has 0 atom stereocenters. The Morgan fingerprint density at radius 3 is 2.87 bits per heavy atom. The Hall–Kier alpha value is -0.900. The van der Waals surface area contributed by atoms with Crippen LogP contribution in [0.25, 0.3) is 0 Å². The van der Waals surface area contributed by atoms with Crippen molar-refractivity contribution < 1.29 is 4.79 Å². The molecule has 1 heterocycles. The molecule has 1 aromatic heterocycles. The Morgan fingerprint density at radius 2 is 2.27 bits per heavy atom. The van der Waals surface area contributed by atoms with Crippen LogP contribution in [0.4, 0.5) is 5.69 Å². The average Bonchev–Trinajstić information content (AvgIpc) is 2.22. The van der Waals surface area contributed by atoms with Crippen LogP contribution < -0.4 is 5.32 Å². The molecular weight excluding hydrogens is 256 g/mol. The number of halogens is 1. The number of nitrogens with one attached hydrogen (secondary N) is 1. The van der Waals surface area contributed by atoms with E-state index >= 15 is 0 Å². The minimum Gasteiger partial charge on any atom is -0.325 e. The van der Waals surface area contributed by atoms with Crippen molar-refractivity contribution >= 4 is 27.5 Å². The van der Waals surface area contributed by atoms with Gasteiger partial charge in [0.1, 0.15) is 4.60 Å². The van der Waals surface area contributed by atoms with E-state index in [1.54, 1.807) is 6.20 Å². The molecule has 3 nitrogen and oxygen atoms in total. The van der Waals surface area contributed by atoms with Gasteiger partial charge in [-0.2, -0.15) is 0 Å². The number of pyridine rings is 1. The maximum absolute atomic E-state index is 11.4. The lowest BCUT2D eigenvalue weighted by Crippen LogP contribution is -2.11. The lowest BCUT2D eigenvalue weighted by atomic mass is 10.2. The van der Waals surface area contributed by atoms with Crippen LogP contribution in [0.5, 0.6) is 0 Å². The van der Waals surface area contributed by atoms with Crippen molar-refractivity contribution in [3.63, 3.8) is 0 Å². The summed E-state index contributed by atoms with van der Waals surface area (Å²) in [6.07, 6.45) is 5.41. The summed E-state index contributed by atoms with van der Waals surface area (Å²) < 4.78 is 0.770. The molecule has 1 rings (SSSR count). The standard InChI is InChI=1S/C11H15BrN2O/c1-2-3-4-5-11(15)14-9-6-7-10(12)13-8-9/h6-8H,2-5H2,1H3,(H,14,15). The van der Waals surface area contributed by atoms with E-state index in [0.717, 1.165) is 29.6 Å². The largest absolute Gasteiger partial charge is 0.325 e. The first-order valence-electron chi connectivity index (χ1n) is 5.13. The smallest absolute Gasteiger partial charge is 0.224 e. The van der Waals surface area contributed by atoms with Crippen LogP contribution in [0.1, 0.15) is 32.6 Å². The van der Waals surface area contributed by atoms with Crippen molar-refractivity contribution in [2.75, 3.05) is 5.32 Å². The monoisotopic (exact) mass is 270 g/mol. The molecule has 0 bridgehead atoms. The van der Waals surface area contributed by atoms with E-state index in [2.05, 4.69) is 33.2 Å². The molecule has 0 fully saturated rings. The average molecular weight is 271 g/mol. The quantitative estimate of drug-likeness (QED) is 0.659. The topological polar surface area (TPSA) is 42.0 Å². The highest BCUT2D eigenvalue weighted by Crippen LogP contribution is 2.11. The van der Waals surface area contributed by atoms with Crippen molar-refractivity contribution in [2.24, 2.45) is 0 Å². The molecule has 1 N–H and O–H groups in total. The minimum atomic E-state index is 0.0626. The predicted molar refractivity (Wildman–Crippen MR) is 64.7 cm³/mol. The lowest BCUT2D eigenvalue weighted by Gasteiger charge is -2.04. The highest BCUT2D eigenvalue weighted by atomic mass is 79.9. The molecule has 4 heteroatoms. The van der Waals surface area contributed by atoms with Crippen LogP contribution in [0.2, 0.25) is 0 Å². The van der Waals surface area contributed by atoms with Gasteiger partial charge < -0.3 is 5.32 Å². The number of nitrogens with zero attached hydrogens (tertiary/aromatic N) is 1. The summed E-state index contributed by atoms with van der Waals surface area (Å²) in [7, 11) is 0. The van der Waals surface area contributed by atoms with Crippen LogP contribution in [0.3, 0.4) is 0 Å². The Bertz CT molecular complexity index is 311. The zero-order valence-electron chi connectivity index (χ0n) is 8.79. The Kier molecular flexibility index (Phi) is 5.32. The minimum absolute atomic E-state index is 0.0626. The number of aromatic nitrogens is 1. The second-order valence-electron chi connectivity index (χ2n) is 3.37. The fourth-order valence-electron chi connectivity index (χ4n) is 1.21. The summed E-state index contributed by atoms with van der Waals surface area (Å²) >= 11 is 3.24. The zero-order chi connectivity index (χ0) is 11.1. The fraction of sp³-hybridized carbons (Fsp3) is 0.455. The first-order valence-corrected chi connectivity index (χ1v) is 5.93. The second-order valence-corrected chi connectivity index (χ2v) is 4.19. The van der Waals surface area contributed by atoms with E-state index < -0.39 is 0 Å². The zero-order valence-corrected chi connectivity index (χ0v) is 10.4. The molecule has 0 unspecified atom stereocenters. The van der Waals surface area contributed by atoms with Gasteiger partial charge in [0.05, 0.1) is 11.9 Å². The summed E-state index contributed by atoms with van der Waals surface area (Å²) in [5.41, 5.74) is 0.750. The van der Waals surface area contributed by atoms with E-state index in [9.17, 15) is 4.79 Å². The van der Waals surface area contributed by atoms with E-state index in [1.165, 1.54) is 0 Å². The van der Waals surface area contributed by atoms with Crippen LogP contribution in [0.15, 0.2) is 22.9 Å². The van der Waals surface area contributed by atoms with Crippen LogP contribution >= 0.6 is 15.9 Å². The molecular formula is C11H15BrN2O. The van der Waals surface area contributed by atoms with Gasteiger partial charge in [0.25, 0.3) is 0 Å². The summed E-state index contributed by atoms with van der Waals surface area (Å²) in [4.78, 5) is 15.5. The van der Waals surface area contributed by atoms with Gasteiger partial charge in [-0.25, -0.2) is 4.98 Å². The van der Waals surface area contributed by atoms with E-state index in [0.29, 0.717) is 6.42 Å². The molecule has 15 heavy (non-hydrogen) atoms. The van der Waals surface area contributed by atoms with Gasteiger partial charge in [-0.3, -0.25) is 4.79 Å². The second kappa shape index (κ2) is 6.56. The Morgan fingerprint density at radius 1 is 1.47 bits per heavy atom. The SMILES string of the molecule is CCCCCC(=O)Nc1ccc(Br)nc1. The van der Waals surface area contributed by atoms with Gasteiger partial charge in [0.2, 0.25) is 5.91 Å². The molecule has 0 spiro atoms. The van der Waals surface area contributed by atoms with Gasteiger partial charge in [-0.15, -0.1) is 0 Å². The molecule has 0 aliphatic carbocycles. The van der Waals surface area contributed by atoms with Gasteiger partial charge >= 0.3 is 0 Å². The third-order valence-electron chi connectivity index (χ3n) is 2.02. The van der Waals surface area contributed by atoms with Gasteiger partial charge in [0.15, 0.2) is 0 Å². The summed E-state index contributed by atoms with van der Waals surface area (Å²) in [6, 6.07) is 3.64. The highest BCUT2D eigenvalue weighted by molar-refractivity contribution is 9.10. The van der Waals surface area contributed by atoms with E-state index in [-0.39, 0.29) is 5.91 Å². The normalized spacial score (nSPS) is 10.0. The Balaban J connectivity index is 2.34. The molecule has 0 aromatic carbocycles. The first-order chi connectivity index (χ1) is 7.22. The van der Waals surface area contributed by atoms with Crippen molar-refractivity contribution in [3.05, 3.63) is 22.9 Å². The number of unbranched alkanes of at least 4 members (excludes halogenated alkanes) is 2. The van der Waals surface area contributed by atoms with Crippen molar-refractivity contribution in [3.8, 4) is 0 Å². The fourth-order valence-corrected chi connectivity index (χ4v) is 1.44. The number of amides is 1. The van der Waals surface area contributed by atoms with Crippen LogP contribution in [-0.2, 0) is 4.79 Å². The molecule has 1 amide bonds. The number of anilines is 1. The van der Waals surface area contributed by atoms with E-state index in [4.69, 9.17) is 0 Å². The number of rotatable bonds is 5. The summed E-state index contributed by atoms with van der Waals surface area (Å²) in [5, 5.41) is 2.81. The molecule has 0 aliphatic heterocycles. The first kappa shape index (κ1) is 12.2. The maximum Gasteiger partial charge on any atom is 0.224 e. The van der Waals surface area contributed by atoms with Crippen LogP contribution in [0, 0.1) is 0 Å². The molecule has 0 saturated carbocycles. The molecule has 0 saturated heterocycles.